The first kappa shape index (κ1) is 17.7. The van der Waals surface area contributed by atoms with Crippen molar-refractivity contribution in [1.29, 1.82) is 0 Å². The Morgan fingerprint density at radius 3 is 2.67 bits per heavy atom. The van der Waals surface area contributed by atoms with Crippen molar-refractivity contribution in [2.45, 2.75) is 32.6 Å². The van der Waals surface area contributed by atoms with Crippen LogP contribution >= 0.6 is 0 Å². The molecular formula is C18H23N3O3. The van der Waals surface area contributed by atoms with Gasteiger partial charge in [0.1, 0.15) is 0 Å². The largest absolute Gasteiger partial charge is 0.481 e. The number of benzene rings is 1. The maximum Gasteiger partial charge on any atom is 0.316 e. The van der Waals surface area contributed by atoms with Gasteiger partial charge in [0.05, 0.1) is 6.61 Å². The number of nitrogens with one attached hydrogen (secondary N) is 1. The van der Waals surface area contributed by atoms with Crippen LogP contribution < -0.4 is 10.1 Å². The number of nitrogens with zero attached hydrogens (tertiary/aromatic N) is 2. The van der Waals surface area contributed by atoms with Gasteiger partial charge in [-0.2, -0.15) is 0 Å². The van der Waals surface area contributed by atoms with Gasteiger partial charge >= 0.3 is 12.0 Å². The average molecular weight is 329 g/mol. The minimum atomic E-state index is -0.728. The van der Waals surface area contributed by atoms with E-state index in [0.29, 0.717) is 12.6 Å². The molecule has 0 saturated heterocycles. The van der Waals surface area contributed by atoms with E-state index >= 15 is 0 Å². The third-order valence-corrected chi connectivity index (χ3v) is 3.49. The molecule has 2 rings (SSSR count). The molecule has 6 nitrogen and oxygen atoms in total. The fourth-order valence-corrected chi connectivity index (χ4v) is 2.29. The Morgan fingerprint density at radius 2 is 1.96 bits per heavy atom. The summed E-state index contributed by atoms with van der Waals surface area (Å²) >= 11 is 0. The van der Waals surface area contributed by atoms with Crippen LogP contribution in [-0.2, 0) is 4.79 Å². The van der Waals surface area contributed by atoms with Gasteiger partial charge in [-0.05, 0) is 37.5 Å². The van der Waals surface area contributed by atoms with Gasteiger partial charge in [0.2, 0.25) is 0 Å². The minimum Gasteiger partial charge on any atom is -0.481 e. The highest BCUT2D eigenvalue weighted by Gasteiger charge is 2.02. The Labute approximate surface area is 141 Å². The van der Waals surface area contributed by atoms with E-state index in [1.54, 1.807) is 12.4 Å². The highest BCUT2D eigenvalue weighted by molar-refractivity contribution is 5.67. The molecule has 2 aromatic rings. The molecule has 0 spiro atoms. The molecule has 24 heavy (non-hydrogen) atoms. The van der Waals surface area contributed by atoms with Crippen LogP contribution in [0.5, 0.6) is 6.01 Å². The van der Waals surface area contributed by atoms with Crippen LogP contribution in [0.2, 0.25) is 0 Å². The number of aromatic nitrogens is 2. The number of rotatable bonds is 10. The Bertz CT molecular complexity index is 644. The second kappa shape index (κ2) is 9.50. The smallest absolute Gasteiger partial charge is 0.316 e. The third kappa shape index (κ3) is 5.87. The van der Waals surface area contributed by atoms with Gasteiger partial charge in [-0.1, -0.05) is 18.6 Å². The zero-order valence-corrected chi connectivity index (χ0v) is 13.9. The van der Waals surface area contributed by atoms with Crippen molar-refractivity contribution < 1.29 is 14.6 Å². The summed E-state index contributed by atoms with van der Waals surface area (Å²) in [4.78, 5) is 18.8. The van der Waals surface area contributed by atoms with Gasteiger partial charge < -0.3 is 15.2 Å². The topological polar surface area (TPSA) is 84.3 Å². The summed E-state index contributed by atoms with van der Waals surface area (Å²) < 4.78 is 5.25. The first-order valence-electron chi connectivity index (χ1n) is 8.20. The maximum absolute atomic E-state index is 10.4. The average Bonchev–Trinajstić information content (AvgIpc) is 2.59. The van der Waals surface area contributed by atoms with Gasteiger partial charge in [-0.25, -0.2) is 9.97 Å². The third-order valence-electron chi connectivity index (χ3n) is 3.49. The summed E-state index contributed by atoms with van der Waals surface area (Å²) in [5.74, 6) is -0.728. The van der Waals surface area contributed by atoms with Crippen LogP contribution in [0.4, 0.5) is 5.69 Å². The maximum atomic E-state index is 10.4. The molecule has 1 aromatic heterocycles. The monoisotopic (exact) mass is 329 g/mol. The number of carboxylic acids is 1. The van der Waals surface area contributed by atoms with E-state index in [-0.39, 0.29) is 6.42 Å². The number of unbranched alkanes of at least 4 members (excludes halogenated alkanes) is 2. The van der Waals surface area contributed by atoms with Crippen LogP contribution in [0.25, 0.3) is 11.1 Å². The van der Waals surface area contributed by atoms with E-state index < -0.39 is 5.97 Å². The number of anilines is 1. The van der Waals surface area contributed by atoms with Crippen LogP contribution in [0, 0.1) is 0 Å². The highest BCUT2D eigenvalue weighted by atomic mass is 16.5. The van der Waals surface area contributed by atoms with Gasteiger partial charge in [-0.15, -0.1) is 0 Å². The minimum absolute atomic E-state index is 0.243. The normalized spacial score (nSPS) is 10.4. The first-order chi connectivity index (χ1) is 11.7. The zero-order chi connectivity index (χ0) is 17.2. The number of aliphatic carboxylic acids is 1. The summed E-state index contributed by atoms with van der Waals surface area (Å²) in [6, 6.07) is 8.44. The van der Waals surface area contributed by atoms with Crippen molar-refractivity contribution in [1.82, 2.24) is 9.97 Å². The molecular weight excluding hydrogens is 306 g/mol. The van der Waals surface area contributed by atoms with E-state index in [1.165, 1.54) is 0 Å². The molecule has 6 heteroatoms. The lowest BCUT2D eigenvalue weighted by atomic mass is 10.1. The van der Waals surface area contributed by atoms with Crippen LogP contribution in [0.3, 0.4) is 0 Å². The molecule has 0 radical (unpaired) electrons. The second-order valence-electron chi connectivity index (χ2n) is 5.40. The summed E-state index contributed by atoms with van der Waals surface area (Å²) in [6.45, 7) is 3.27. The molecule has 0 aliphatic carbocycles. The first-order valence-corrected chi connectivity index (χ1v) is 8.20. The van der Waals surface area contributed by atoms with E-state index in [4.69, 9.17) is 9.84 Å². The standard InChI is InChI=1S/C18H23N3O3/c1-2-24-18-20-12-15(13-21-18)14-7-6-8-16(11-14)19-10-5-3-4-9-17(22)23/h6-8,11-13,19H,2-5,9-10H2,1H3,(H,22,23). The van der Waals surface area contributed by atoms with Crippen molar-refractivity contribution in [3.05, 3.63) is 36.7 Å². The van der Waals surface area contributed by atoms with Crippen molar-refractivity contribution in [3.8, 4) is 17.1 Å². The molecule has 1 aromatic carbocycles. The summed E-state index contributed by atoms with van der Waals surface area (Å²) in [7, 11) is 0. The predicted octanol–water partition coefficient (Wildman–Crippen LogP) is 3.60. The van der Waals surface area contributed by atoms with Gasteiger partial charge in [0.15, 0.2) is 0 Å². The van der Waals surface area contributed by atoms with E-state index in [9.17, 15) is 4.79 Å². The fourth-order valence-electron chi connectivity index (χ4n) is 2.29. The summed E-state index contributed by atoms with van der Waals surface area (Å²) in [5, 5.41) is 12.0. The molecule has 0 bridgehead atoms. The molecule has 0 unspecified atom stereocenters. The lowest BCUT2D eigenvalue weighted by molar-refractivity contribution is -0.137. The Balaban J connectivity index is 1.85. The van der Waals surface area contributed by atoms with E-state index in [1.807, 2.05) is 25.1 Å². The van der Waals surface area contributed by atoms with Gasteiger partial charge in [-0.3, -0.25) is 4.79 Å². The van der Waals surface area contributed by atoms with Crippen LogP contribution in [0.15, 0.2) is 36.7 Å². The molecule has 0 fully saturated rings. The number of hydrogen-bond acceptors (Lipinski definition) is 5. The quantitative estimate of drug-likeness (QED) is 0.648. The van der Waals surface area contributed by atoms with Gasteiger partial charge in [0, 0.05) is 36.6 Å². The lowest BCUT2D eigenvalue weighted by Gasteiger charge is -2.08. The Kier molecular flexibility index (Phi) is 7.01. The summed E-state index contributed by atoms with van der Waals surface area (Å²) in [6.07, 6.45) is 6.33. The summed E-state index contributed by atoms with van der Waals surface area (Å²) in [5.41, 5.74) is 3.00. The van der Waals surface area contributed by atoms with Crippen molar-refractivity contribution in [3.63, 3.8) is 0 Å². The van der Waals surface area contributed by atoms with Gasteiger partial charge in [0.25, 0.3) is 0 Å². The molecule has 0 aliphatic heterocycles. The number of carboxylic acid groups (broad SMARTS) is 1. The molecule has 0 saturated carbocycles. The highest BCUT2D eigenvalue weighted by Crippen LogP contribution is 2.22. The molecule has 2 N–H and O–H groups in total. The Morgan fingerprint density at radius 1 is 1.17 bits per heavy atom. The molecule has 0 atom stereocenters. The van der Waals surface area contributed by atoms with E-state index in [0.717, 1.165) is 42.6 Å². The predicted molar refractivity (Wildman–Crippen MR) is 93.2 cm³/mol. The lowest BCUT2D eigenvalue weighted by Crippen LogP contribution is -2.02. The molecule has 0 amide bonds. The van der Waals surface area contributed by atoms with Crippen LogP contribution in [-0.4, -0.2) is 34.2 Å². The Hall–Kier alpha value is -2.63. The molecule has 128 valence electrons. The molecule has 0 aliphatic rings. The van der Waals surface area contributed by atoms with E-state index in [2.05, 4.69) is 21.4 Å². The fraction of sp³-hybridized carbons (Fsp3) is 0.389. The zero-order valence-electron chi connectivity index (χ0n) is 13.9. The van der Waals surface area contributed by atoms with Crippen molar-refractivity contribution in [2.24, 2.45) is 0 Å². The second-order valence-corrected chi connectivity index (χ2v) is 5.40. The SMILES string of the molecule is CCOc1ncc(-c2cccc(NCCCCCC(=O)O)c2)cn1. The number of hydrogen-bond donors (Lipinski definition) is 2. The number of carbonyl (C=O) groups is 1. The molecule has 1 heterocycles. The van der Waals surface area contributed by atoms with Crippen molar-refractivity contribution >= 4 is 11.7 Å². The van der Waals surface area contributed by atoms with Crippen molar-refractivity contribution in [2.75, 3.05) is 18.5 Å². The van der Waals surface area contributed by atoms with Crippen LogP contribution in [0.1, 0.15) is 32.6 Å². The number of ether oxygens (including phenoxy) is 1.